The SMILES string of the molecule is Cc1csc(NN=Cc2ccc(N(C)CCS(=O)(=O)O)cc2)n1. The summed E-state index contributed by atoms with van der Waals surface area (Å²) < 4.78 is 30.3. The Morgan fingerprint density at radius 1 is 1.39 bits per heavy atom. The van der Waals surface area contributed by atoms with E-state index in [-0.39, 0.29) is 12.3 Å². The van der Waals surface area contributed by atoms with Gasteiger partial charge in [0, 0.05) is 24.7 Å². The molecule has 7 nitrogen and oxygen atoms in total. The first-order chi connectivity index (χ1) is 10.8. The number of hydrogen-bond acceptors (Lipinski definition) is 7. The normalized spacial score (nSPS) is 11.8. The molecule has 0 aliphatic heterocycles. The minimum Gasteiger partial charge on any atom is -0.373 e. The topological polar surface area (TPSA) is 94.9 Å². The van der Waals surface area contributed by atoms with Crippen molar-refractivity contribution in [1.29, 1.82) is 0 Å². The summed E-state index contributed by atoms with van der Waals surface area (Å²) in [5.74, 6) is -0.302. The summed E-state index contributed by atoms with van der Waals surface area (Å²) in [5, 5.41) is 6.79. The van der Waals surface area contributed by atoms with Crippen LogP contribution in [0.5, 0.6) is 0 Å². The van der Waals surface area contributed by atoms with E-state index in [1.165, 1.54) is 11.3 Å². The van der Waals surface area contributed by atoms with Crippen LogP contribution in [0.2, 0.25) is 0 Å². The van der Waals surface area contributed by atoms with Crippen LogP contribution in [0.25, 0.3) is 0 Å². The number of hydrogen-bond donors (Lipinski definition) is 2. The number of hydrazone groups is 1. The van der Waals surface area contributed by atoms with Gasteiger partial charge in [-0.25, -0.2) is 4.98 Å². The molecule has 2 N–H and O–H groups in total. The Morgan fingerprint density at radius 3 is 2.65 bits per heavy atom. The molecule has 2 aromatic rings. The van der Waals surface area contributed by atoms with E-state index in [1.807, 2.05) is 36.6 Å². The second-order valence-corrected chi connectivity index (χ2v) is 7.39. The summed E-state index contributed by atoms with van der Waals surface area (Å²) in [6.07, 6.45) is 1.68. The first-order valence-electron chi connectivity index (χ1n) is 6.81. The fourth-order valence-electron chi connectivity index (χ4n) is 1.76. The van der Waals surface area contributed by atoms with Gasteiger partial charge in [-0.15, -0.1) is 11.3 Å². The number of benzene rings is 1. The standard InChI is InChI=1S/C14H18N4O3S2/c1-11-10-22-14(16-11)17-15-9-12-3-5-13(6-4-12)18(2)7-8-23(19,20)21/h3-6,9-10H,7-8H2,1-2H3,(H,16,17)(H,19,20,21). The average Bonchev–Trinajstić information content (AvgIpc) is 2.90. The van der Waals surface area contributed by atoms with Crippen molar-refractivity contribution in [1.82, 2.24) is 4.98 Å². The van der Waals surface area contributed by atoms with Crippen LogP contribution >= 0.6 is 11.3 Å². The Balaban J connectivity index is 1.91. The van der Waals surface area contributed by atoms with Gasteiger partial charge in [-0.3, -0.25) is 9.98 Å². The van der Waals surface area contributed by atoms with Gasteiger partial charge in [0.2, 0.25) is 5.13 Å². The fourth-order valence-corrected chi connectivity index (χ4v) is 2.91. The molecule has 0 unspecified atom stereocenters. The third-order valence-corrected chi connectivity index (χ3v) is 4.57. The molecule has 0 fully saturated rings. The molecular formula is C14H18N4O3S2. The van der Waals surface area contributed by atoms with Crippen LogP contribution < -0.4 is 10.3 Å². The zero-order valence-electron chi connectivity index (χ0n) is 12.8. The molecular weight excluding hydrogens is 336 g/mol. The number of nitrogens with zero attached hydrogens (tertiary/aromatic N) is 3. The number of aromatic nitrogens is 1. The summed E-state index contributed by atoms with van der Waals surface area (Å²) in [6, 6.07) is 7.47. The summed E-state index contributed by atoms with van der Waals surface area (Å²) in [6.45, 7) is 2.14. The summed E-state index contributed by atoms with van der Waals surface area (Å²) >= 11 is 1.49. The number of anilines is 2. The first-order valence-corrected chi connectivity index (χ1v) is 9.30. The summed E-state index contributed by atoms with van der Waals surface area (Å²) in [4.78, 5) is 5.99. The Morgan fingerprint density at radius 2 is 2.09 bits per heavy atom. The van der Waals surface area contributed by atoms with Crippen molar-refractivity contribution in [3.63, 3.8) is 0 Å². The van der Waals surface area contributed by atoms with Gasteiger partial charge in [0.1, 0.15) is 0 Å². The lowest BCUT2D eigenvalue weighted by Gasteiger charge is -2.18. The van der Waals surface area contributed by atoms with Gasteiger partial charge in [0.25, 0.3) is 10.1 Å². The van der Waals surface area contributed by atoms with E-state index in [2.05, 4.69) is 15.5 Å². The smallest absolute Gasteiger partial charge is 0.266 e. The minimum absolute atomic E-state index is 0.219. The predicted octanol–water partition coefficient (Wildman–Crippen LogP) is 2.22. The third kappa shape index (κ3) is 5.97. The molecule has 9 heteroatoms. The maximum absolute atomic E-state index is 10.8. The minimum atomic E-state index is -3.95. The van der Waals surface area contributed by atoms with E-state index < -0.39 is 10.1 Å². The molecule has 0 aliphatic carbocycles. The number of rotatable bonds is 7. The first kappa shape index (κ1) is 17.4. The Bertz CT molecular complexity index is 770. The van der Waals surface area contributed by atoms with Crippen LogP contribution in [0.3, 0.4) is 0 Å². The van der Waals surface area contributed by atoms with Crippen LogP contribution in [0.4, 0.5) is 10.8 Å². The molecule has 1 heterocycles. The second kappa shape index (κ2) is 7.53. The largest absolute Gasteiger partial charge is 0.373 e. The van der Waals surface area contributed by atoms with E-state index in [0.717, 1.165) is 22.1 Å². The van der Waals surface area contributed by atoms with Gasteiger partial charge < -0.3 is 4.90 Å². The molecule has 0 spiro atoms. The number of nitrogens with one attached hydrogen (secondary N) is 1. The van der Waals surface area contributed by atoms with E-state index >= 15 is 0 Å². The van der Waals surface area contributed by atoms with E-state index in [9.17, 15) is 8.42 Å². The van der Waals surface area contributed by atoms with Gasteiger partial charge in [-0.2, -0.15) is 13.5 Å². The zero-order chi connectivity index (χ0) is 16.9. The van der Waals surface area contributed by atoms with Crippen LogP contribution in [0, 0.1) is 6.92 Å². The lowest BCUT2D eigenvalue weighted by molar-refractivity contribution is 0.483. The van der Waals surface area contributed by atoms with E-state index in [1.54, 1.807) is 18.2 Å². The lowest BCUT2D eigenvalue weighted by atomic mass is 10.2. The molecule has 0 saturated carbocycles. The third-order valence-electron chi connectivity index (χ3n) is 3.01. The molecule has 1 aromatic heterocycles. The monoisotopic (exact) mass is 354 g/mol. The van der Waals surface area contributed by atoms with Crippen LogP contribution in [0.15, 0.2) is 34.7 Å². The van der Waals surface area contributed by atoms with Crippen molar-refractivity contribution in [3.8, 4) is 0 Å². The molecule has 124 valence electrons. The molecule has 0 saturated heterocycles. The van der Waals surface area contributed by atoms with E-state index in [0.29, 0.717) is 0 Å². The van der Waals surface area contributed by atoms with Crippen molar-refractivity contribution in [2.75, 3.05) is 29.7 Å². The Kier molecular flexibility index (Phi) is 5.69. The molecule has 0 atom stereocenters. The highest BCUT2D eigenvalue weighted by molar-refractivity contribution is 7.85. The second-order valence-electron chi connectivity index (χ2n) is 4.96. The van der Waals surface area contributed by atoms with Crippen molar-refractivity contribution in [2.45, 2.75) is 6.92 Å². The van der Waals surface area contributed by atoms with Crippen LogP contribution in [0.1, 0.15) is 11.3 Å². The van der Waals surface area contributed by atoms with Gasteiger partial charge in [-0.05, 0) is 24.6 Å². The van der Waals surface area contributed by atoms with Gasteiger partial charge in [-0.1, -0.05) is 12.1 Å². The molecule has 2 rings (SSSR count). The summed E-state index contributed by atoms with van der Waals surface area (Å²) in [5.41, 5.74) is 5.57. The number of aryl methyl sites for hydroxylation is 1. The van der Waals surface area contributed by atoms with Gasteiger partial charge in [0.15, 0.2) is 0 Å². The predicted molar refractivity (Wildman–Crippen MR) is 94.2 cm³/mol. The fraction of sp³-hybridized carbons (Fsp3) is 0.286. The number of thiazole rings is 1. The Labute approximate surface area is 139 Å². The van der Waals surface area contributed by atoms with Gasteiger partial charge in [0.05, 0.1) is 17.7 Å². The summed E-state index contributed by atoms with van der Waals surface area (Å²) in [7, 11) is -2.18. The van der Waals surface area contributed by atoms with Gasteiger partial charge >= 0.3 is 0 Å². The lowest BCUT2D eigenvalue weighted by Crippen LogP contribution is -2.24. The van der Waals surface area contributed by atoms with Crippen molar-refractivity contribution < 1.29 is 13.0 Å². The van der Waals surface area contributed by atoms with Crippen molar-refractivity contribution in [2.24, 2.45) is 5.10 Å². The maximum Gasteiger partial charge on any atom is 0.266 e. The molecule has 0 amide bonds. The van der Waals surface area contributed by atoms with Crippen molar-refractivity contribution in [3.05, 3.63) is 40.9 Å². The molecule has 23 heavy (non-hydrogen) atoms. The highest BCUT2D eigenvalue weighted by Crippen LogP contribution is 2.15. The molecule has 0 bridgehead atoms. The molecule has 0 radical (unpaired) electrons. The highest BCUT2D eigenvalue weighted by atomic mass is 32.2. The quantitative estimate of drug-likeness (QED) is 0.450. The van der Waals surface area contributed by atoms with Crippen LogP contribution in [-0.2, 0) is 10.1 Å². The maximum atomic E-state index is 10.8. The van der Waals surface area contributed by atoms with Crippen LogP contribution in [-0.4, -0.2) is 43.5 Å². The molecule has 1 aromatic carbocycles. The van der Waals surface area contributed by atoms with E-state index in [4.69, 9.17) is 4.55 Å². The zero-order valence-corrected chi connectivity index (χ0v) is 14.4. The average molecular weight is 354 g/mol. The molecule has 0 aliphatic rings. The van der Waals surface area contributed by atoms with Crippen molar-refractivity contribution >= 4 is 38.5 Å². The highest BCUT2D eigenvalue weighted by Gasteiger charge is 2.07. The Hall–Kier alpha value is -1.97.